The molecule has 0 atom stereocenters. The number of halogens is 3. The van der Waals surface area contributed by atoms with Gasteiger partial charge >= 0.3 is 6.18 Å². The van der Waals surface area contributed by atoms with Crippen molar-refractivity contribution >= 4 is 11.7 Å². The molecule has 38 heavy (non-hydrogen) atoms. The second-order valence-corrected chi connectivity index (χ2v) is 10.7. The van der Waals surface area contributed by atoms with Gasteiger partial charge < -0.3 is 14.6 Å². The summed E-state index contributed by atoms with van der Waals surface area (Å²) >= 11 is 0. The van der Waals surface area contributed by atoms with Crippen molar-refractivity contribution in [3.8, 4) is 0 Å². The van der Waals surface area contributed by atoms with Crippen LogP contribution in [0.15, 0.2) is 36.7 Å². The molecule has 200 valence electrons. The number of benzene rings is 1. The van der Waals surface area contributed by atoms with E-state index in [1.165, 1.54) is 11.3 Å². The van der Waals surface area contributed by atoms with Crippen molar-refractivity contribution in [2.75, 3.05) is 24.7 Å². The summed E-state index contributed by atoms with van der Waals surface area (Å²) in [5, 5.41) is 11.4. The van der Waals surface area contributed by atoms with E-state index in [2.05, 4.69) is 20.5 Å². The Morgan fingerprint density at radius 3 is 2.63 bits per heavy atom. The fourth-order valence-electron chi connectivity index (χ4n) is 5.38. The Balaban J connectivity index is 1.26. The first-order chi connectivity index (χ1) is 18.2. The third-order valence-corrected chi connectivity index (χ3v) is 8.01. The Bertz CT molecular complexity index is 1360. The van der Waals surface area contributed by atoms with Gasteiger partial charge in [-0.3, -0.25) is 9.69 Å². The van der Waals surface area contributed by atoms with Crippen molar-refractivity contribution in [3.05, 3.63) is 70.4 Å². The number of amides is 1. The van der Waals surface area contributed by atoms with Crippen LogP contribution in [0.1, 0.15) is 57.8 Å². The fraction of sp³-hybridized carbons (Fsp3) is 0.481. The van der Waals surface area contributed by atoms with Gasteiger partial charge in [-0.2, -0.15) is 13.2 Å². The van der Waals surface area contributed by atoms with Gasteiger partial charge in [0.15, 0.2) is 0 Å². The summed E-state index contributed by atoms with van der Waals surface area (Å²) in [6.45, 7) is 2.21. The zero-order chi connectivity index (χ0) is 26.5. The molecule has 3 aliphatic rings. The lowest BCUT2D eigenvalue weighted by molar-refractivity contribution is -0.141. The van der Waals surface area contributed by atoms with E-state index in [4.69, 9.17) is 4.74 Å². The Labute approximate surface area is 218 Å². The highest BCUT2D eigenvalue weighted by Gasteiger charge is 2.43. The number of anilines is 1. The summed E-state index contributed by atoms with van der Waals surface area (Å²) in [7, 11) is 1.88. The molecule has 0 radical (unpaired) electrons. The first-order valence-electron chi connectivity index (χ1n) is 12.9. The molecule has 2 aromatic heterocycles. The van der Waals surface area contributed by atoms with Gasteiger partial charge in [-0.15, -0.1) is 10.2 Å². The van der Waals surface area contributed by atoms with Crippen molar-refractivity contribution in [2.24, 2.45) is 13.0 Å². The first kappa shape index (κ1) is 25.0. The van der Waals surface area contributed by atoms with E-state index in [9.17, 15) is 18.0 Å². The van der Waals surface area contributed by atoms with Crippen LogP contribution in [-0.2, 0) is 42.9 Å². The molecule has 1 saturated heterocycles. The summed E-state index contributed by atoms with van der Waals surface area (Å²) in [6, 6.07) is 8.36. The number of fused-ring (bicyclic) bond motifs is 1. The van der Waals surface area contributed by atoms with E-state index in [0.29, 0.717) is 43.2 Å². The third-order valence-electron chi connectivity index (χ3n) is 8.01. The summed E-state index contributed by atoms with van der Waals surface area (Å²) in [4.78, 5) is 18.7. The standard InChI is InChI=1S/C27H29F3N6O2/c1-35-16-32-34-24(35)10-26(14-38-15-26)20-6-5-19-13-36(25(37)21(19)9-20)23-8-18(7-22(33-23)27(28,29)30)12-31-11-17-3-2-4-17/h5-9,16-17,31H,2-4,10-15H2,1H3. The highest BCUT2D eigenvalue weighted by molar-refractivity contribution is 6.09. The van der Waals surface area contributed by atoms with Crippen molar-refractivity contribution in [1.29, 1.82) is 0 Å². The molecule has 6 rings (SSSR count). The number of hydrogen-bond donors (Lipinski definition) is 1. The quantitative estimate of drug-likeness (QED) is 0.481. The second-order valence-electron chi connectivity index (χ2n) is 10.7. The number of rotatable bonds is 8. The summed E-state index contributed by atoms with van der Waals surface area (Å²) < 4.78 is 48.6. The lowest BCUT2D eigenvalue weighted by atomic mass is 9.75. The Kier molecular flexibility index (Phi) is 6.22. The minimum absolute atomic E-state index is 0.0174. The van der Waals surface area contributed by atoms with Crippen LogP contribution < -0.4 is 10.2 Å². The van der Waals surface area contributed by atoms with Gasteiger partial charge in [0, 0.05) is 31.0 Å². The molecule has 0 unspecified atom stereocenters. The van der Waals surface area contributed by atoms with Crippen LogP contribution in [-0.4, -0.2) is 45.4 Å². The van der Waals surface area contributed by atoms with Gasteiger partial charge in [-0.25, -0.2) is 4.98 Å². The van der Waals surface area contributed by atoms with Crippen molar-refractivity contribution in [3.63, 3.8) is 0 Å². The van der Waals surface area contributed by atoms with E-state index in [-0.39, 0.29) is 23.7 Å². The molecule has 1 aromatic carbocycles. The van der Waals surface area contributed by atoms with Crippen molar-refractivity contribution in [1.82, 2.24) is 25.1 Å². The maximum atomic E-state index is 13.7. The number of carbonyl (C=O) groups is 1. The molecule has 1 amide bonds. The number of aryl methyl sites for hydroxylation is 1. The minimum atomic E-state index is -4.61. The van der Waals surface area contributed by atoms with Gasteiger partial charge in [0.1, 0.15) is 23.7 Å². The van der Waals surface area contributed by atoms with Crippen molar-refractivity contribution in [2.45, 2.75) is 50.4 Å². The molecule has 0 bridgehead atoms. The molecule has 0 spiro atoms. The number of alkyl halides is 3. The predicted molar refractivity (Wildman–Crippen MR) is 132 cm³/mol. The lowest BCUT2D eigenvalue weighted by Gasteiger charge is -2.41. The Morgan fingerprint density at radius 2 is 2.00 bits per heavy atom. The monoisotopic (exact) mass is 526 g/mol. The van der Waals surface area contributed by atoms with Gasteiger partial charge in [-0.05, 0) is 60.2 Å². The van der Waals surface area contributed by atoms with Crippen LogP contribution in [0.5, 0.6) is 0 Å². The average molecular weight is 527 g/mol. The van der Waals surface area contributed by atoms with Crippen LogP contribution >= 0.6 is 0 Å². The number of aromatic nitrogens is 4. The number of ether oxygens (including phenoxy) is 1. The highest BCUT2D eigenvalue weighted by atomic mass is 19.4. The van der Waals surface area contributed by atoms with Gasteiger partial charge in [0.25, 0.3) is 5.91 Å². The molecule has 1 N–H and O–H groups in total. The van der Waals surface area contributed by atoms with E-state index >= 15 is 0 Å². The number of hydrogen-bond acceptors (Lipinski definition) is 6. The normalized spacial score (nSPS) is 18.8. The lowest BCUT2D eigenvalue weighted by Crippen LogP contribution is -2.49. The summed E-state index contributed by atoms with van der Waals surface area (Å²) in [5.41, 5.74) is 1.32. The number of carbonyl (C=O) groups excluding carboxylic acids is 1. The SMILES string of the molecule is Cn1cnnc1CC1(c2ccc3c(c2)C(=O)N(c2cc(CNCC4CCC4)cc(C(F)(F)F)n2)C3)COC1. The van der Waals surface area contributed by atoms with E-state index in [0.717, 1.165) is 42.4 Å². The first-order valence-corrected chi connectivity index (χ1v) is 12.9. The van der Waals surface area contributed by atoms with Crippen LogP contribution in [0.2, 0.25) is 0 Å². The Hall–Kier alpha value is -3.31. The van der Waals surface area contributed by atoms with E-state index in [1.54, 1.807) is 12.4 Å². The molecular weight excluding hydrogens is 497 g/mol. The molecule has 8 nitrogen and oxygen atoms in total. The minimum Gasteiger partial charge on any atom is -0.379 e. The average Bonchev–Trinajstić information content (AvgIpc) is 3.39. The highest BCUT2D eigenvalue weighted by Crippen LogP contribution is 2.39. The van der Waals surface area contributed by atoms with Gasteiger partial charge in [-0.1, -0.05) is 18.6 Å². The predicted octanol–water partition coefficient (Wildman–Crippen LogP) is 3.79. The van der Waals surface area contributed by atoms with Gasteiger partial charge in [0.05, 0.1) is 19.8 Å². The third kappa shape index (κ3) is 4.58. The second kappa shape index (κ2) is 9.46. The van der Waals surface area contributed by atoms with E-state index < -0.39 is 11.9 Å². The van der Waals surface area contributed by atoms with Crippen LogP contribution in [0.4, 0.5) is 19.0 Å². The van der Waals surface area contributed by atoms with Gasteiger partial charge in [0.2, 0.25) is 0 Å². The molecule has 3 aromatic rings. The van der Waals surface area contributed by atoms with Crippen LogP contribution in [0.25, 0.3) is 0 Å². The fourth-order valence-corrected chi connectivity index (χ4v) is 5.38. The molecule has 4 heterocycles. The summed E-state index contributed by atoms with van der Waals surface area (Å²) in [6.07, 6.45) is 1.14. The summed E-state index contributed by atoms with van der Waals surface area (Å²) in [5.74, 6) is 1.06. The molecule has 11 heteroatoms. The van der Waals surface area contributed by atoms with Crippen LogP contribution in [0, 0.1) is 5.92 Å². The molecule has 2 aliphatic heterocycles. The van der Waals surface area contributed by atoms with Crippen molar-refractivity contribution < 1.29 is 22.7 Å². The zero-order valence-electron chi connectivity index (χ0n) is 21.1. The van der Waals surface area contributed by atoms with Crippen LogP contribution in [0.3, 0.4) is 0 Å². The molecule has 2 fully saturated rings. The van der Waals surface area contributed by atoms with E-state index in [1.807, 2.05) is 29.8 Å². The largest absolute Gasteiger partial charge is 0.433 e. The number of pyridine rings is 1. The Morgan fingerprint density at radius 1 is 1.18 bits per heavy atom. The molecule has 1 aliphatic carbocycles. The maximum Gasteiger partial charge on any atom is 0.433 e. The maximum absolute atomic E-state index is 13.7. The topological polar surface area (TPSA) is 85.2 Å². The smallest absolute Gasteiger partial charge is 0.379 e. The number of nitrogens with zero attached hydrogens (tertiary/aromatic N) is 5. The number of nitrogens with one attached hydrogen (secondary N) is 1. The molecular formula is C27H29F3N6O2. The molecule has 1 saturated carbocycles. The zero-order valence-corrected chi connectivity index (χ0v) is 21.1.